The number of rotatable bonds is 4. The number of aromatic nitrogens is 3. The maximum absolute atomic E-state index is 14.2. The molecule has 136 valence electrons. The van der Waals surface area contributed by atoms with E-state index >= 15 is 0 Å². The molecule has 1 saturated carbocycles. The number of hydrogen-bond acceptors (Lipinski definition) is 6. The maximum atomic E-state index is 14.2. The summed E-state index contributed by atoms with van der Waals surface area (Å²) in [7, 11) is 0. The second-order valence-electron chi connectivity index (χ2n) is 6.66. The Labute approximate surface area is 164 Å². The van der Waals surface area contributed by atoms with E-state index in [4.69, 9.17) is 14.8 Å². The first-order valence-electron chi connectivity index (χ1n) is 8.81. The van der Waals surface area contributed by atoms with Crippen molar-refractivity contribution in [1.82, 2.24) is 15.1 Å². The van der Waals surface area contributed by atoms with E-state index in [2.05, 4.69) is 15.5 Å². The lowest BCUT2D eigenvalue weighted by Gasteiger charge is -1.99. The van der Waals surface area contributed by atoms with Gasteiger partial charge in [0, 0.05) is 22.4 Å². The SMILES string of the molecule is N#Cc1ccc(-c2nc(-c3cccc(-c4csc(C5CC5)n4)c3)no2)c(F)c1. The third-order valence-electron chi connectivity index (χ3n) is 4.62. The van der Waals surface area contributed by atoms with Crippen LogP contribution in [0.4, 0.5) is 4.39 Å². The highest BCUT2D eigenvalue weighted by molar-refractivity contribution is 7.10. The lowest BCUT2D eigenvalue weighted by atomic mass is 10.1. The molecule has 0 radical (unpaired) electrons. The number of nitriles is 1. The minimum atomic E-state index is -0.571. The number of hydrogen-bond donors (Lipinski definition) is 0. The lowest BCUT2D eigenvalue weighted by molar-refractivity contribution is 0.429. The highest BCUT2D eigenvalue weighted by Crippen LogP contribution is 2.42. The Morgan fingerprint density at radius 3 is 2.75 bits per heavy atom. The van der Waals surface area contributed by atoms with Gasteiger partial charge in [0.2, 0.25) is 5.82 Å². The van der Waals surface area contributed by atoms with Crippen molar-refractivity contribution in [2.75, 3.05) is 0 Å². The van der Waals surface area contributed by atoms with Crippen LogP contribution in [0.5, 0.6) is 0 Å². The summed E-state index contributed by atoms with van der Waals surface area (Å²) in [5.41, 5.74) is 3.10. The van der Waals surface area contributed by atoms with Gasteiger partial charge in [0.05, 0.1) is 27.9 Å². The van der Waals surface area contributed by atoms with Crippen LogP contribution in [-0.4, -0.2) is 15.1 Å². The summed E-state index contributed by atoms with van der Waals surface area (Å²) in [6.45, 7) is 0. The number of thiazole rings is 1. The quantitative estimate of drug-likeness (QED) is 0.467. The predicted octanol–water partition coefficient (Wildman–Crippen LogP) is 5.42. The fourth-order valence-electron chi connectivity index (χ4n) is 2.96. The van der Waals surface area contributed by atoms with Crippen molar-refractivity contribution in [1.29, 1.82) is 5.26 Å². The van der Waals surface area contributed by atoms with Gasteiger partial charge in [0.25, 0.3) is 5.89 Å². The molecular weight excluding hydrogens is 375 g/mol. The summed E-state index contributed by atoms with van der Waals surface area (Å²) >= 11 is 1.70. The summed E-state index contributed by atoms with van der Waals surface area (Å²) in [5, 5.41) is 16.1. The molecule has 1 fully saturated rings. The molecule has 0 aliphatic heterocycles. The van der Waals surface area contributed by atoms with Gasteiger partial charge in [-0.3, -0.25) is 0 Å². The van der Waals surface area contributed by atoms with Gasteiger partial charge < -0.3 is 4.52 Å². The fraction of sp³-hybridized carbons (Fsp3) is 0.143. The average molecular weight is 388 g/mol. The van der Waals surface area contributed by atoms with Gasteiger partial charge >= 0.3 is 0 Å². The zero-order valence-corrected chi connectivity index (χ0v) is 15.4. The van der Waals surface area contributed by atoms with E-state index in [-0.39, 0.29) is 17.0 Å². The molecule has 0 atom stereocenters. The van der Waals surface area contributed by atoms with Crippen LogP contribution in [-0.2, 0) is 0 Å². The molecule has 0 N–H and O–H groups in total. The van der Waals surface area contributed by atoms with E-state index in [0.29, 0.717) is 11.7 Å². The molecule has 28 heavy (non-hydrogen) atoms. The topological polar surface area (TPSA) is 75.6 Å². The fourth-order valence-corrected chi connectivity index (χ4v) is 3.96. The highest BCUT2D eigenvalue weighted by Gasteiger charge is 2.26. The van der Waals surface area contributed by atoms with E-state index in [1.54, 1.807) is 11.3 Å². The Kier molecular flexibility index (Phi) is 3.99. The molecule has 0 amide bonds. The first kappa shape index (κ1) is 16.8. The summed E-state index contributed by atoms with van der Waals surface area (Å²) in [6.07, 6.45) is 2.45. The second-order valence-corrected chi connectivity index (χ2v) is 7.55. The summed E-state index contributed by atoms with van der Waals surface area (Å²) < 4.78 is 19.5. The van der Waals surface area contributed by atoms with E-state index in [1.807, 2.05) is 30.3 Å². The Morgan fingerprint density at radius 1 is 1.11 bits per heavy atom. The molecule has 7 heteroatoms. The van der Waals surface area contributed by atoms with Crippen molar-refractivity contribution >= 4 is 11.3 Å². The molecule has 2 aromatic heterocycles. The molecule has 1 aliphatic rings. The van der Waals surface area contributed by atoms with E-state index in [0.717, 1.165) is 22.9 Å². The standard InChI is InChI=1S/C21H13FN4OS/c22-17-8-12(10-23)4-7-16(17)20-25-19(26-27-20)15-3-1-2-14(9-15)18-11-28-21(24-18)13-5-6-13/h1-4,7-9,11,13H,5-6H2. The Hall–Kier alpha value is -3.37. The molecule has 5 nitrogen and oxygen atoms in total. The van der Waals surface area contributed by atoms with E-state index in [1.165, 1.54) is 30.0 Å². The maximum Gasteiger partial charge on any atom is 0.261 e. The molecule has 2 heterocycles. The molecule has 0 spiro atoms. The van der Waals surface area contributed by atoms with E-state index < -0.39 is 5.82 Å². The third-order valence-corrected chi connectivity index (χ3v) is 5.63. The molecule has 5 rings (SSSR count). The Balaban J connectivity index is 1.46. The van der Waals surface area contributed by atoms with Gasteiger partial charge in [-0.05, 0) is 37.1 Å². The number of nitrogens with zero attached hydrogens (tertiary/aromatic N) is 4. The minimum Gasteiger partial charge on any atom is -0.334 e. The van der Waals surface area contributed by atoms with Crippen molar-refractivity contribution in [3.05, 3.63) is 64.2 Å². The van der Waals surface area contributed by atoms with Crippen LogP contribution in [0.15, 0.2) is 52.4 Å². The first-order valence-corrected chi connectivity index (χ1v) is 9.69. The van der Waals surface area contributed by atoms with Gasteiger partial charge in [0.15, 0.2) is 0 Å². The van der Waals surface area contributed by atoms with Crippen LogP contribution in [0.25, 0.3) is 34.1 Å². The van der Waals surface area contributed by atoms with Crippen molar-refractivity contribution in [2.24, 2.45) is 0 Å². The van der Waals surface area contributed by atoms with Crippen LogP contribution in [0.3, 0.4) is 0 Å². The number of halogens is 1. The molecule has 0 saturated heterocycles. The minimum absolute atomic E-state index is 0.0760. The highest BCUT2D eigenvalue weighted by atomic mass is 32.1. The van der Waals surface area contributed by atoms with Gasteiger partial charge in [0.1, 0.15) is 5.82 Å². The lowest BCUT2D eigenvalue weighted by Crippen LogP contribution is -1.87. The first-order chi connectivity index (χ1) is 13.7. The molecule has 0 unspecified atom stereocenters. The van der Waals surface area contributed by atoms with Crippen LogP contribution in [0.2, 0.25) is 0 Å². The molecule has 1 aliphatic carbocycles. The zero-order chi connectivity index (χ0) is 19.1. The van der Waals surface area contributed by atoms with Crippen LogP contribution >= 0.6 is 11.3 Å². The van der Waals surface area contributed by atoms with Crippen LogP contribution < -0.4 is 0 Å². The van der Waals surface area contributed by atoms with Crippen molar-refractivity contribution < 1.29 is 8.91 Å². The molecular formula is C21H13FN4OS. The molecule has 4 aromatic rings. The largest absolute Gasteiger partial charge is 0.334 e. The van der Waals surface area contributed by atoms with Crippen LogP contribution in [0.1, 0.15) is 29.3 Å². The van der Waals surface area contributed by atoms with Gasteiger partial charge in [-0.1, -0.05) is 23.4 Å². The van der Waals surface area contributed by atoms with Crippen molar-refractivity contribution in [3.63, 3.8) is 0 Å². The smallest absolute Gasteiger partial charge is 0.261 e. The summed E-state index contributed by atoms with van der Waals surface area (Å²) in [4.78, 5) is 9.06. The predicted molar refractivity (Wildman–Crippen MR) is 103 cm³/mol. The van der Waals surface area contributed by atoms with Gasteiger partial charge in [-0.25, -0.2) is 9.37 Å². The molecule has 0 bridgehead atoms. The number of benzene rings is 2. The normalized spacial score (nSPS) is 13.4. The summed E-state index contributed by atoms with van der Waals surface area (Å²) in [5.74, 6) is 0.507. The van der Waals surface area contributed by atoms with Crippen molar-refractivity contribution in [2.45, 2.75) is 18.8 Å². The Bertz CT molecular complexity index is 1220. The average Bonchev–Trinajstić information content (AvgIpc) is 3.26. The monoisotopic (exact) mass is 388 g/mol. The van der Waals surface area contributed by atoms with E-state index in [9.17, 15) is 4.39 Å². The van der Waals surface area contributed by atoms with Crippen LogP contribution in [0, 0.1) is 17.1 Å². The third kappa shape index (κ3) is 3.08. The second kappa shape index (κ2) is 6.66. The Morgan fingerprint density at radius 2 is 1.96 bits per heavy atom. The van der Waals surface area contributed by atoms with Gasteiger partial charge in [-0.15, -0.1) is 11.3 Å². The molecule has 2 aromatic carbocycles. The van der Waals surface area contributed by atoms with Crippen molar-refractivity contribution in [3.8, 4) is 40.2 Å². The zero-order valence-electron chi connectivity index (χ0n) is 14.6. The summed E-state index contributed by atoms with van der Waals surface area (Å²) in [6, 6.07) is 13.8. The van der Waals surface area contributed by atoms with Gasteiger partial charge in [-0.2, -0.15) is 10.2 Å².